The minimum Gasteiger partial charge on any atom is -0.390 e. The first-order valence-corrected chi connectivity index (χ1v) is 7.59. The summed E-state index contributed by atoms with van der Waals surface area (Å²) in [5.74, 6) is 0.139. The molecular weight excluding hydrogens is 280 g/mol. The fourth-order valence-corrected chi connectivity index (χ4v) is 3.17. The molecule has 2 rings (SSSR count). The van der Waals surface area contributed by atoms with E-state index >= 15 is 0 Å². The molecule has 1 aliphatic rings. The van der Waals surface area contributed by atoms with Crippen molar-refractivity contribution in [2.24, 2.45) is 5.92 Å². The lowest BCUT2D eigenvalue weighted by Crippen LogP contribution is -2.31. The van der Waals surface area contributed by atoms with Gasteiger partial charge in [0.05, 0.1) is 36.2 Å². The Morgan fingerprint density at radius 2 is 2.10 bits per heavy atom. The highest BCUT2D eigenvalue weighted by Gasteiger charge is 2.32. The monoisotopic (exact) mass is 302 g/mol. The number of hydrogen-bond acceptors (Lipinski definition) is 4. The molecule has 6 heteroatoms. The molecule has 1 fully saturated rings. The van der Waals surface area contributed by atoms with Gasteiger partial charge in [-0.2, -0.15) is 5.10 Å². The summed E-state index contributed by atoms with van der Waals surface area (Å²) < 4.78 is 6.63. The van der Waals surface area contributed by atoms with Crippen LogP contribution in [0.15, 0.2) is 6.20 Å². The number of rotatable bonds is 6. The van der Waals surface area contributed by atoms with Crippen LogP contribution in [0.4, 0.5) is 0 Å². The first kappa shape index (κ1) is 15.8. The van der Waals surface area contributed by atoms with E-state index in [4.69, 9.17) is 16.3 Å². The number of aromatic nitrogens is 2. The van der Waals surface area contributed by atoms with Gasteiger partial charge in [0, 0.05) is 7.11 Å². The molecular formula is C14H23ClN2O3. The van der Waals surface area contributed by atoms with Crippen molar-refractivity contribution in [2.75, 3.05) is 13.7 Å². The van der Waals surface area contributed by atoms with Gasteiger partial charge in [-0.3, -0.25) is 4.68 Å². The van der Waals surface area contributed by atoms with Crippen molar-refractivity contribution in [1.82, 2.24) is 9.78 Å². The van der Waals surface area contributed by atoms with Gasteiger partial charge in [0.1, 0.15) is 6.10 Å². The average Bonchev–Trinajstić information content (AvgIpc) is 2.85. The summed E-state index contributed by atoms with van der Waals surface area (Å²) in [6.45, 7) is 0.990. The Kier molecular flexibility index (Phi) is 5.84. The molecule has 0 aromatic carbocycles. The molecule has 0 amide bonds. The van der Waals surface area contributed by atoms with Crippen molar-refractivity contribution >= 4 is 11.6 Å². The smallest absolute Gasteiger partial charge is 0.123 e. The van der Waals surface area contributed by atoms with Crippen LogP contribution in [0, 0.1) is 5.92 Å². The third-order valence-electron chi connectivity index (χ3n) is 4.08. The minimum absolute atomic E-state index is 0.139. The van der Waals surface area contributed by atoms with Crippen molar-refractivity contribution in [3.63, 3.8) is 0 Å². The second-order valence-electron chi connectivity index (χ2n) is 5.43. The van der Waals surface area contributed by atoms with Crippen molar-refractivity contribution < 1.29 is 14.9 Å². The fraction of sp³-hybridized carbons (Fsp3) is 0.786. The first-order chi connectivity index (χ1) is 9.65. The predicted octanol–water partition coefficient (Wildman–Crippen LogP) is 2.16. The van der Waals surface area contributed by atoms with Crippen LogP contribution in [0.3, 0.4) is 0 Å². The lowest BCUT2D eigenvalue weighted by atomic mass is 9.83. The van der Waals surface area contributed by atoms with E-state index in [-0.39, 0.29) is 5.92 Å². The average molecular weight is 303 g/mol. The molecule has 0 spiro atoms. The molecule has 0 aliphatic heterocycles. The molecule has 1 aromatic heterocycles. The Morgan fingerprint density at radius 1 is 1.40 bits per heavy atom. The van der Waals surface area contributed by atoms with Crippen molar-refractivity contribution in [3.8, 4) is 0 Å². The third kappa shape index (κ3) is 3.52. The number of halogens is 1. The molecule has 20 heavy (non-hydrogen) atoms. The molecule has 0 bridgehead atoms. The van der Waals surface area contributed by atoms with Gasteiger partial charge in [0.2, 0.25) is 0 Å². The van der Waals surface area contributed by atoms with Crippen LogP contribution in [0.1, 0.15) is 43.9 Å². The Bertz CT molecular complexity index is 419. The number of hydrogen-bond donors (Lipinski definition) is 2. The third-order valence-corrected chi connectivity index (χ3v) is 4.37. The second kappa shape index (κ2) is 7.41. The van der Waals surface area contributed by atoms with Gasteiger partial charge < -0.3 is 14.9 Å². The van der Waals surface area contributed by atoms with Crippen LogP contribution < -0.4 is 0 Å². The maximum Gasteiger partial charge on any atom is 0.123 e. The molecule has 114 valence electrons. The maximum atomic E-state index is 10.5. The zero-order valence-corrected chi connectivity index (χ0v) is 12.6. The van der Waals surface area contributed by atoms with Crippen molar-refractivity contribution in [3.05, 3.63) is 16.9 Å². The molecule has 0 saturated heterocycles. The molecule has 5 nitrogen and oxygen atoms in total. The number of aliphatic hydroxyl groups is 2. The summed E-state index contributed by atoms with van der Waals surface area (Å²) in [4.78, 5) is 0. The summed E-state index contributed by atoms with van der Waals surface area (Å²) in [5, 5.41) is 25.4. The van der Waals surface area contributed by atoms with Crippen LogP contribution in [0.5, 0.6) is 0 Å². The molecule has 1 heterocycles. The lowest BCUT2D eigenvalue weighted by Gasteiger charge is -2.30. The lowest BCUT2D eigenvalue weighted by molar-refractivity contribution is -0.0329. The van der Waals surface area contributed by atoms with Gasteiger partial charge in [-0.15, -0.1) is 0 Å². The van der Waals surface area contributed by atoms with Gasteiger partial charge in [0.25, 0.3) is 0 Å². The van der Waals surface area contributed by atoms with Gasteiger partial charge in [-0.1, -0.05) is 30.9 Å². The summed E-state index contributed by atoms with van der Waals surface area (Å²) in [6, 6.07) is 0. The molecule has 1 saturated carbocycles. The van der Waals surface area contributed by atoms with Gasteiger partial charge in [-0.05, 0) is 18.8 Å². The highest BCUT2D eigenvalue weighted by Crippen LogP contribution is 2.34. The number of ether oxygens (including phenoxy) is 1. The Labute approximate surface area is 124 Å². The Hall–Kier alpha value is -0.620. The van der Waals surface area contributed by atoms with Crippen LogP contribution in [-0.4, -0.2) is 39.8 Å². The van der Waals surface area contributed by atoms with E-state index in [2.05, 4.69) is 5.10 Å². The minimum atomic E-state index is -0.995. The van der Waals surface area contributed by atoms with Crippen LogP contribution in [0.2, 0.25) is 5.02 Å². The van der Waals surface area contributed by atoms with E-state index in [9.17, 15) is 10.2 Å². The number of methoxy groups -OCH3 is 1. The van der Waals surface area contributed by atoms with Crippen molar-refractivity contribution in [1.29, 1.82) is 0 Å². The van der Waals surface area contributed by atoms with Crippen LogP contribution >= 0.6 is 11.6 Å². The van der Waals surface area contributed by atoms with Gasteiger partial charge >= 0.3 is 0 Å². The molecule has 2 N–H and O–H groups in total. The topological polar surface area (TPSA) is 67.5 Å². The van der Waals surface area contributed by atoms with E-state index < -0.39 is 12.2 Å². The number of aliphatic hydroxyl groups excluding tert-OH is 2. The van der Waals surface area contributed by atoms with E-state index in [1.807, 2.05) is 0 Å². The zero-order valence-electron chi connectivity index (χ0n) is 11.8. The normalized spacial score (nSPS) is 20.0. The van der Waals surface area contributed by atoms with Gasteiger partial charge in [0.15, 0.2) is 0 Å². The standard InChI is InChI=1S/C14H23ClN2O3/c1-20-8-7-17-12(11(15)9-16-17)14(19)13(18)10-5-3-2-4-6-10/h9-10,13-14,18-19H,2-8H2,1H3. The SMILES string of the molecule is COCCn1ncc(Cl)c1C(O)C(O)C1CCCCC1. The molecule has 2 unspecified atom stereocenters. The molecule has 1 aromatic rings. The van der Waals surface area contributed by atoms with E-state index in [0.717, 1.165) is 25.7 Å². The summed E-state index contributed by atoms with van der Waals surface area (Å²) in [5.41, 5.74) is 0.488. The highest BCUT2D eigenvalue weighted by atomic mass is 35.5. The van der Waals surface area contributed by atoms with E-state index in [1.54, 1.807) is 11.8 Å². The Morgan fingerprint density at radius 3 is 2.75 bits per heavy atom. The molecule has 0 radical (unpaired) electrons. The largest absolute Gasteiger partial charge is 0.390 e. The second-order valence-corrected chi connectivity index (χ2v) is 5.83. The first-order valence-electron chi connectivity index (χ1n) is 7.21. The maximum absolute atomic E-state index is 10.5. The van der Waals surface area contributed by atoms with E-state index in [1.165, 1.54) is 12.6 Å². The highest BCUT2D eigenvalue weighted by molar-refractivity contribution is 6.31. The zero-order chi connectivity index (χ0) is 14.5. The predicted molar refractivity (Wildman–Crippen MR) is 76.7 cm³/mol. The quantitative estimate of drug-likeness (QED) is 0.845. The van der Waals surface area contributed by atoms with E-state index in [0.29, 0.717) is 23.9 Å². The summed E-state index contributed by atoms with van der Waals surface area (Å²) >= 11 is 6.11. The van der Waals surface area contributed by atoms with Crippen molar-refractivity contribution in [2.45, 2.75) is 50.9 Å². The number of nitrogens with zero attached hydrogens (tertiary/aromatic N) is 2. The van der Waals surface area contributed by atoms with Crippen LogP contribution in [0.25, 0.3) is 0 Å². The summed E-state index contributed by atoms with van der Waals surface area (Å²) in [7, 11) is 1.61. The molecule has 1 aliphatic carbocycles. The van der Waals surface area contributed by atoms with Crippen LogP contribution in [-0.2, 0) is 11.3 Å². The summed E-state index contributed by atoms with van der Waals surface area (Å²) in [6.07, 6.45) is 5.09. The van der Waals surface area contributed by atoms with Gasteiger partial charge in [-0.25, -0.2) is 0 Å². The fourth-order valence-electron chi connectivity index (χ4n) is 2.92. The molecule has 2 atom stereocenters. The Balaban J connectivity index is 2.10.